The summed E-state index contributed by atoms with van der Waals surface area (Å²) in [6.07, 6.45) is -4.15. The predicted octanol–water partition coefficient (Wildman–Crippen LogP) is 2.99. The summed E-state index contributed by atoms with van der Waals surface area (Å²) in [5, 5.41) is 10.3. The number of carboxylic acids is 1. The minimum Gasteiger partial charge on any atom is -0.478 e. The van der Waals surface area contributed by atoms with Gasteiger partial charge in [0.25, 0.3) is 0 Å². The average molecular weight is 344 g/mol. The molecule has 1 aromatic rings. The normalized spacial score (nSPS) is 11.5. The van der Waals surface area contributed by atoms with E-state index in [1.165, 1.54) is 11.4 Å². The molecule has 0 spiro atoms. The number of rotatable bonds is 4. The number of benzene rings is 1. The summed E-state index contributed by atoms with van der Waals surface area (Å²) >= 11 is 2.90. The van der Waals surface area contributed by atoms with Crippen LogP contribution >= 0.6 is 15.9 Å². The van der Waals surface area contributed by atoms with Crippen LogP contribution in [0.4, 0.5) is 23.2 Å². The van der Waals surface area contributed by atoms with Gasteiger partial charge in [0, 0.05) is 10.2 Å². The van der Waals surface area contributed by atoms with Crippen molar-refractivity contribution in [1.82, 2.24) is 0 Å². The van der Waals surface area contributed by atoms with E-state index in [1.807, 2.05) is 0 Å². The van der Waals surface area contributed by atoms with Crippen LogP contribution in [0.2, 0.25) is 0 Å². The molecule has 2 N–H and O–H groups in total. The van der Waals surface area contributed by atoms with E-state index in [0.29, 0.717) is 0 Å². The van der Waals surface area contributed by atoms with Crippen LogP contribution in [0, 0.1) is 0 Å². The van der Waals surface area contributed by atoms with Gasteiger partial charge in [-0.2, -0.15) is 8.78 Å². The third kappa shape index (κ3) is 3.43. The quantitative estimate of drug-likeness (QED) is 0.826. The molecule has 1 amide bonds. The Balaban J connectivity index is 2.98. The van der Waals surface area contributed by atoms with Crippen LogP contribution in [0.15, 0.2) is 22.7 Å². The van der Waals surface area contributed by atoms with Gasteiger partial charge in [0.2, 0.25) is 0 Å². The smallest absolute Gasteiger partial charge is 0.383 e. The Kier molecular flexibility index (Phi) is 4.51. The Bertz CT molecular complexity index is 521. The number of carbonyl (C=O) groups excluding carboxylic acids is 1. The first-order valence-electron chi connectivity index (χ1n) is 4.66. The van der Waals surface area contributed by atoms with Crippen molar-refractivity contribution in [2.75, 3.05) is 5.32 Å². The fraction of sp³-hybridized carbons (Fsp3) is 0.200. The van der Waals surface area contributed by atoms with E-state index in [4.69, 9.17) is 5.11 Å². The minimum absolute atomic E-state index is 0.151. The van der Waals surface area contributed by atoms with Crippen molar-refractivity contribution < 1.29 is 32.3 Å². The van der Waals surface area contributed by atoms with Gasteiger partial charge in [0.1, 0.15) is 0 Å². The van der Waals surface area contributed by atoms with Crippen LogP contribution in [0.25, 0.3) is 0 Å². The largest absolute Gasteiger partial charge is 0.478 e. The lowest BCUT2D eigenvalue weighted by Crippen LogP contribution is -2.41. The van der Waals surface area contributed by atoms with Crippen LogP contribution in [0.1, 0.15) is 10.4 Å². The second kappa shape index (κ2) is 5.55. The number of amides is 1. The Morgan fingerprint density at radius 2 is 1.89 bits per heavy atom. The number of aromatic carboxylic acids is 1. The van der Waals surface area contributed by atoms with Gasteiger partial charge in [0.05, 0.1) is 5.56 Å². The van der Waals surface area contributed by atoms with Crippen LogP contribution < -0.4 is 5.32 Å². The van der Waals surface area contributed by atoms with Gasteiger partial charge in [-0.05, 0) is 34.1 Å². The minimum atomic E-state index is -4.85. The highest BCUT2D eigenvalue weighted by Crippen LogP contribution is 2.26. The van der Waals surface area contributed by atoms with Crippen LogP contribution in [-0.2, 0) is 4.79 Å². The summed E-state index contributed by atoms with van der Waals surface area (Å²) in [5.74, 6) is -8.43. The van der Waals surface area contributed by atoms with Gasteiger partial charge in [0.15, 0.2) is 0 Å². The first-order chi connectivity index (χ1) is 8.66. The molecule has 19 heavy (non-hydrogen) atoms. The zero-order valence-electron chi connectivity index (χ0n) is 8.96. The van der Waals surface area contributed by atoms with Crippen molar-refractivity contribution in [1.29, 1.82) is 0 Å². The lowest BCUT2D eigenvalue weighted by atomic mass is 10.2. The average Bonchev–Trinajstić information content (AvgIpc) is 2.30. The molecule has 0 aliphatic rings. The summed E-state index contributed by atoms with van der Waals surface area (Å²) in [6.45, 7) is 0. The first kappa shape index (κ1) is 15.4. The molecule has 0 radical (unpaired) electrons. The number of alkyl halides is 4. The van der Waals surface area contributed by atoms with Crippen molar-refractivity contribution in [2.45, 2.75) is 12.3 Å². The molecular weight excluding hydrogens is 338 g/mol. The van der Waals surface area contributed by atoms with Crippen LogP contribution in [0.3, 0.4) is 0 Å². The van der Waals surface area contributed by atoms with Crippen molar-refractivity contribution in [3.63, 3.8) is 0 Å². The molecule has 0 saturated carbocycles. The molecule has 1 aromatic carbocycles. The zero-order chi connectivity index (χ0) is 14.8. The molecule has 0 atom stereocenters. The lowest BCUT2D eigenvalue weighted by Gasteiger charge is -2.15. The van der Waals surface area contributed by atoms with E-state index in [2.05, 4.69) is 15.9 Å². The second-order valence-corrected chi connectivity index (χ2v) is 4.23. The van der Waals surface area contributed by atoms with Crippen LogP contribution in [-0.4, -0.2) is 29.3 Å². The molecule has 0 saturated heterocycles. The van der Waals surface area contributed by atoms with E-state index in [1.54, 1.807) is 0 Å². The highest BCUT2D eigenvalue weighted by Gasteiger charge is 2.48. The maximum Gasteiger partial charge on any atom is 0.383 e. The molecule has 104 valence electrons. The number of carboxylic acid groups (broad SMARTS) is 1. The number of carbonyl (C=O) groups is 2. The lowest BCUT2D eigenvalue weighted by molar-refractivity contribution is -0.163. The standard InChI is InChI=1S/C10H6BrF4NO3/c11-6-2-1-4(3-5(6)7(17)18)16-9(19)10(14,15)8(12)13/h1-3,8H,(H,16,19)(H,17,18). The second-order valence-electron chi connectivity index (χ2n) is 3.38. The van der Waals surface area contributed by atoms with E-state index in [-0.39, 0.29) is 15.7 Å². The molecule has 0 aliphatic carbocycles. The number of hydrogen-bond acceptors (Lipinski definition) is 2. The van der Waals surface area contributed by atoms with E-state index < -0.39 is 24.2 Å². The maximum absolute atomic E-state index is 12.7. The molecule has 0 aliphatic heterocycles. The number of anilines is 1. The van der Waals surface area contributed by atoms with E-state index in [9.17, 15) is 27.2 Å². The van der Waals surface area contributed by atoms with Crippen molar-refractivity contribution in [3.05, 3.63) is 28.2 Å². The summed E-state index contributed by atoms with van der Waals surface area (Å²) in [6, 6.07) is 3.14. The number of halogens is 5. The molecule has 0 heterocycles. The molecule has 0 fully saturated rings. The van der Waals surface area contributed by atoms with Crippen molar-refractivity contribution in [3.8, 4) is 0 Å². The molecule has 4 nitrogen and oxygen atoms in total. The predicted molar refractivity (Wildman–Crippen MR) is 60.7 cm³/mol. The SMILES string of the molecule is O=C(O)c1cc(NC(=O)C(F)(F)C(F)F)ccc1Br. The topological polar surface area (TPSA) is 66.4 Å². The van der Waals surface area contributed by atoms with Gasteiger partial charge in [-0.15, -0.1) is 0 Å². The molecule has 9 heteroatoms. The maximum atomic E-state index is 12.7. The molecule has 0 aromatic heterocycles. The number of hydrogen-bond donors (Lipinski definition) is 2. The summed E-state index contributed by atoms with van der Waals surface area (Å²) in [7, 11) is 0. The fourth-order valence-electron chi connectivity index (χ4n) is 1.08. The highest BCUT2D eigenvalue weighted by molar-refractivity contribution is 9.10. The Morgan fingerprint density at radius 1 is 1.32 bits per heavy atom. The van der Waals surface area contributed by atoms with Gasteiger partial charge in [-0.25, -0.2) is 13.6 Å². The fourth-order valence-corrected chi connectivity index (χ4v) is 1.50. The Labute approximate surface area is 112 Å². The summed E-state index contributed by atoms with van der Waals surface area (Å²) < 4.78 is 49.4. The van der Waals surface area contributed by atoms with Crippen molar-refractivity contribution in [2.24, 2.45) is 0 Å². The molecular formula is C10H6BrF4NO3. The van der Waals surface area contributed by atoms with Crippen LogP contribution in [0.5, 0.6) is 0 Å². The van der Waals surface area contributed by atoms with E-state index in [0.717, 1.165) is 12.1 Å². The molecule has 0 bridgehead atoms. The first-order valence-corrected chi connectivity index (χ1v) is 5.45. The Hall–Kier alpha value is -1.64. The highest BCUT2D eigenvalue weighted by atomic mass is 79.9. The third-order valence-corrected chi connectivity index (χ3v) is 2.72. The summed E-state index contributed by atoms with van der Waals surface area (Å²) in [5.41, 5.74) is -0.635. The molecule has 0 unspecified atom stereocenters. The van der Waals surface area contributed by atoms with Gasteiger partial charge in [-0.1, -0.05) is 0 Å². The van der Waals surface area contributed by atoms with Gasteiger partial charge >= 0.3 is 24.2 Å². The Morgan fingerprint density at radius 3 is 2.37 bits per heavy atom. The number of nitrogens with one attached hydrogen (secondary N) is 1. The van der Waals surface area contributed by atoms with Gasteiger partial charge < -0.3 is 10.4 Å². The van der Waals surface area contributed by atoms with E-state index >= 15 is 0 Å². The third-order valence-electron chi connectivity index (χ3n) is 2.03. The van der Waals surface area contributed by atoms with Crippen molar-refractivity contribution >= 4 is 33.5 Å². The zero-order valence-corrected chi connectivity index (χ0v) is 10.5. The van der Waals surface area contributed by atoms with Gasteiger partial charge in [-0.3, -0.25) is 4.79 Å². The monoisotopic (exact) mass is 343 g/mol. The molecule has 1 rings (SSSR count). The summed E-state index contributed by atoms with van der Waals surface area (Å²) in [4.78, 5) is 21.7.